The van der Waals surface area contributed by atoms with Crippen LogP contribution in [0.15, 0.2) is 36.7 Å². The number of rotatable bonds is 5. The molecule has 2 heterocycles. The van der Waals surface area contributed by atoms with Crippen LogP contribution in [0.2, 0.25) is 0 Å². The molecule has 1 aliphatic heterocycles. The third kappa shape index (κ3) is 4.32. The van der Waals surface area contributed by atoms with Crippen molar-refractivity contribution in [2.45, 2.75) is 46.1 Å². The molecule has 6 heteroatoms. The van der Waals surface area contributed by atoms with Crippen LogP contribution in [0.3, 0.4) is 0 Å². The number of amides is 2. The second kappa shape index (κ2) is 8.29. The second-order valence-electron chi connectivity index (χ2n) is 7.12. The van der Waals surface area contributed by atoms with E-state index in [0.29, 0.717) is 12.2 Å². The predicted octanol–water partition coefficient (Wildman–Crippen LogP) is 3.14. The fourth-order valence-electron chi connectivity index (χ4n) is 3.39. The van der Waals surface area contributed by atoms with Gasteiger partial charge in [0.05, 0.1) is 17.9 Å². The average molecular weight is 366 g/mol. The van der Waals surface area contributed by atoms with E-state index in [9.17, 15) is 9.59 Å². The van der Waals surface area contributed by atoms with Crippen LogP contribution >= 0.6 is 0 Å². The molecule has 0 spiro atoms. The van der Waals surface area contributed by atoms with Crippen LogP contribution in [-0.2, 0) is 4.79 Å². The summed E-state index contributed by atoms with van der Waals surface area (Å²) in [4.78, 5) is 37.6. The predicted molar refractivity (Wildman–Crippen MR) is 105 cm³/mol. The van der Waals surface area contributed by atoms with E-state index in [-0.39, 0.29) is 24.4 Å². The highest BCUT2D eigenvalue weighted by molar-refractivity contribution is 6.01. The lowest BCUT2D eigenvalue weighted by molar-refractivity contribution is -0.121. The number of hydrogen-bond acceptors (Lipinski definition) is 4. The zero-order valence-electron chi connectivity index (χ0n) is 16.2. The highest BCUT2D eigenvalue weighted by Crippen LogP contribution is 2.24. The molecule has 1 saturated heterocycles. The van der Waals surface area contributed by atoms with E-state index < -0.39 is 0 Å². The lowest BCUT2D eigenvalue weighted by Gasteiger charge is -2.41. The van der Waals surface area contributed by atoms with Crippen molar-refractivity contribution in [1.82, 2.24) is 14.9 Å². The third-order valence-electron chi connectivity index (χ3n) is 4.91. The molecule has 1 aliphatic rings. The molecule has 2 aromatic rings. The number of hydrogen-bond donors (Lipinski definition) is 0. The first-order valence-electron chi connectivity index (χ1n) is 9.46. The van der Waals surface area contributed by atoms with E-state index in [1.165, 1.54) is 6.20 Å². The van der Waals surface area contributed by atoms with Gasteiger partial charge >= 0.3 is 0 Å². The molecule has 1 aromatic heterocycles. The maximum Gasteiger partial charge on any atom is 0.274 e. The van der Waals surface area contributed by atoms with Crippen LogP contribution in [0.4, 0.5) is 5.69 Å². The van der Waals surface area contributed by atoms with Crippen LogP contribution in [0.1, 0.15) is 47.9 Å². The smallest absolute Gasteiger partial charge is 0.274 e. The van der Waals surface area contributed by atoms with E-state index in [0.717, 1.165) is 36.2 Å². The van der Waals surface area contributed by atoms with Gasteiger partial charge in [0.2, 0.25) is 5.91 Å². The molecular formula is C21H26N4O2. The number of carbonyl (C=O) groups excluding carboxylic acids is 2. The normalized spacial score (nSPS) is 17.3. The number of piperazine rings is 1. The largest absolute Gasteiger partial charge is 0.323 e. The van der Waals surface area contributed by atoms with Crippen LogP contribution in [0.5, 0.6) is 0 Å². The summed E-state index contributed by atoms with van der Waals surface area (Å²) in [6.45, 7) is 6.54. The summed E-state index contributed by atoms with van der Waals surface area (Å²) in [6.07, 6.45) is 5.98. The molecule has 0 radical (unpaired) electrons. The molecule has 2 amide bonds. The van der Waals surface area contributed by atoms with Gasteiger partial charge in [-0.05, 0) is 38.0 Å². The number of carbonyl (C=O) groups is 2. The third-order valence-corrected chi connectivity index (χ3v) is 4.91. The summed E-state index contributed by atoms with van der Waals surface area (Å²) in [5, 5.41) is 0. The first kappa shape index (κ1) is 19.0. The van der Waals surface area contributed by atoms with Gasteiger partial charge in [-0.25, -0.2) is 4.98 Å². The minimum atomic E-state index is -0.221. The van der Waals surface area contributed by atoms with Crippen LogP contribution in [0, 0.1) is 13.8 Å². The van der Waals surface area contributed by atoms with Crippen molar-refractivity contribution in [2.75, 3.05) is 18.0 Å². The molecule has 142 valence electrons. The van der Waals surface area contributed by atoms with Crippen LogP contribution in [-0.4, -0.2) is 45.8 Å². The van der Waals surface area contributed by atoms with Gasteiger partial charge in [0.1, 0.15) is 12.2 Å². The number of aryl methyl sites for hydroxylation is 2. The molecule has 1 aromatic carbocycles. The molecule has 0 N–H and O–H groups in total. The van der Waals surface area contributed by atoms with Gasteiger partial charge in [-0.1, -0.05) is 31.9 Å². The maximum absolute atomic E-state index is 13.0. The Morgan fingerprint density at radius 1 is 1.22 bits per heavy atom. The lowest BCUT2D eigenvalue weighted by Crippen LogP contribution is -2.58. The minimum Gasteiger partial charge on any atom is -0.323 e. The van der Waals surface area contributed by atoms with Gasteiger partial charge in [0.25, 0.3) is 5.91 Å². The van der Waals surface area contributed by atoms with Gasteiger partial charge in [0.15, 0.2) is 0 Å². The maximum atomic E-state index is 13.0. The Kier molecular flexibility index (Phi) is 5.84. The zero-order chi connectivity index (χ0) is 19.4. The fraction of sp³-hybridized carbons (Fsp3) is 0.429. The van der Waals surface area contributed by atoms with E-state index in [1.54, 1.807) is 16.0 Å². The minimum absolute atomic E-state index is 0.0289. The Morgan fingerprint density at radius 3 is 2.70 bits per heavy atom. The Hall–Kier alpha value is -2.76. The van der Waals surface area contributed by atoms with Gasteiger partial charge in [-0.3, -0.25) is 14.6 Å². The second-order valence-corrected chi connectivity index (χ2v) is 7.12. The molecular weight excluding hydrogens is 340 g/mol. The molecule has 0 aliphatic carbocycles. The molecule has 3 rings (SSSR count). The van der Waals surface area contributed by atoms with Crippen LogP contribution in [0.25, 0.3) is 0 Å². The Morgan fingerprint density at radius 2 is 2.04 bits per heavy atom. The van der Waals surface area contributed by atoms with E-state index in [1.807, 2.05) is 38.1 Å². The quantitative estimate of drug-likeness (QED) is 0.815. The lowest BCUT2D eigenvalue weighted by atomic mass is 10.0. The summed E-state index contributed by atoms with van der Waals surface area (Å²) in [7, 11) is 0. The Bertz CT molecular complexity index is 819. The molecule has 0 saturated carbocycles. The topological polar surface area (TPSA) is 66.4 Å². The highest BCUT2D eigenvalue weighted by atomic mass is 16.2. The van der Waals surface area contributed by atoms with Gasteiger partial charge in [0, 0.05) is 18.4 Å². The Labute approximate surface area is 160 Å². The van der Waals surface area contributed by atoms with Crippen molar-refractivity contribution in [3.05, 3.63) is 53.6 Å². The first-order chi connectivity index (χ1) is 13.0. The average Bonchev–Trinajstić information content (AvgIpc) is 2.67. The molecule has 6 nitrogen and oxygen atoms in total. The molecule has 27 heavy (non-hydrogen) atoms. The fourth-order valence-corrected chi connectivity index (χ4v) is 3.39. The van der Waals surface area contributed by atoms with Gasteiger partial charge < -0.3 is 9.80 Å². The van der Waals surface area contributed by atoms with Crippen molar-refractivity contribution in [3.63, 3.8) is 0 Å². The summed E-state index contributed by atoms with van der Waals surface area (Å²) >= 11 is 0. The summed E-state index contributed by atoms with van der Waals surface area (Å²) in [5.41, 5.74) is 3.05. The van der Waals surface area contributed by atoms with Gasteiger partial charge in [-0.2, -0.15) is 0 Å². The number of anilines is 1. The number of unbranched alkanes of at least 4 members (excludes halogenated alkanes) is 1. The van der Waals surface area contributed by atoms with Crippen molar-refractivity contribution >= 4 is 17.5 Å². The first-order valence-corrected chi connectivity index (χ1v) is 9.46. The molecule has 1 unspecified atom stereocenters. The zero-order valence-corrected chi connectivity index (χ0v) is 16.2. The van der Waals surface area contributed by atoms with Gasteiger partial charge in [-0.15, -0.1) is 0 Å². The number of benzene rings is 1. The summed E-state index contributed by atoms with van der Waals surface area (Å²) in [5.74, 6) is -0.289. The molecule has 0 bridgehead atoms. The van der Waals surface area contributed by atoms with Crippen molar-refractivity contribution in [2.24, 2.45) is 0 Å². The SMILES string of the molecule is CCCCC1CN(c2cccc(C)c2)C(=O)CN1C(=O)c1cnc(C)cn1. The van der Waals surface area contributed by atoms with E-state index >= 15 is 0 Å². The molecule has 1 atom stereocenters. The van der Waals surface area contributed by atoms with Crippen molar-refractivity contribution in [3.8, 4) is 0 Å². The Balaban J connectivity index is 1.85. The summed E-state index contributed by atoms with van der Waals surface area (Å²) in [6, 6.07) is 7.90. The van der Waals surface area contributed by atoms with E-state index in [4.69, 9.17) is 0 Å². The monoisotopic (exact) mass is 366 g/mol. The molecule has 1 fully saturated rings. The number of aromatic nitrogens is 2. The van der Waals surface area contributed by atoms with Crippen molar-refractivity contribution in [1.29, 1.82) is 0 Å². The van der Waals surface area contributed by atoms with E-state index in [2.05, 4.69) is 16.9 Å². The van der Waals surface area contributed by atoms with Crippen LogP contribution < -0.4 is 4.90 Å². The highest BCUT2D eigenvalue weighted by Gasteiger charge is 2.36. The standard InChI is InChI=1S/C21H26N4O2/c1-4-5-8-18-13-24(17-9-6-7-15(2)10-17)20(26)14-25(18)21(27)19-12-22-16(3)11-23-19/h6-7,9-12,18H,4-5,8,13-14H2,1-3H3. The number of nitrogens with zero attached hydrogens (tertiary/aromatic N) is 4. The summed E-state index contributed by atoms with van der Waals surface area (Å²) < 4.78 is 0. The van der Waals surface area contributed by atoms with Crippen molar-refractivity contribution < 1.29 is 9.59 Å².